The molecule has 184 valence electrons. The van der Waals surface area contributed by atoms with E-state index in [0.717, 1.165) is 22.3 Å². The van der Waals surface area contributed by atoms with Gasteiger partial charge in [-0.3, -0.25) is 0 Å². The number of ether oxygens (including phenoxy) is 1. The van der Waals surface area contributed by atoms with Crippen molar-refractivity contribution in [2.45, 2.75) is 55.4 Å². The molecule has 0 bridgehead atoms. The molecule has 0 atom stereocenters. The van der Waals surface area contributed by atoms with Gasteiger partial charge in [-0.1, -0.05) is 83.5 Å². The van der Waals surface area contributed by atoms with Crippen LogP contribution >= 0.6 is 0 Å². The quantitative estimate of drug-likeness (QED) is 0.221. The number of esters is 1. The zero-order valence-corrected chi connectivity index (χ0v) is 22.3. The molecule has 35 heavy (non-hydrogen) atoms. The van der Waals surface area contributed by atoms with Crippen LogP contribution in [0.25, 0.3) is 22.5 Å². The Hall–Kier alpha value is -3.79. The van der Waals surface area contributed by atoms with Crippen molar-refractivity contribution in [2.24, 2.45) is 0 Å². The van der Waals surface area contributed by atoms with Gasteiger partial charge in [0.15, 0.2) is 5.82 Å². The zero-order chi connectivity index (χ0) is 26.2. The van der Waals surface area contributed by atoms with Crippen molar-refractivity contribution in [1.82, 2.24) is 9.97 Å². The predicted molar refractivity (Wildman–Crippen MR) is 148 cm³/mol. The normalized spacial score (nSPS) is 9.26. The summed E-state index contributed by atoms with van der Waals surface area (Å²) in [4.78, 5) is 21.1. The Morgan fingerprint density at radius 3 is 1.49 bits per heavy atom. The minimum absolute atomic E-state index is 0.389. The van der Waals surface area contributed by atoms with Gasteiger partial charge in [0.05, 0.1) is 5.56 Å². The molecule has 4 nitrogen and oxygen atoms in total. The molecule has 0 radical (unpaired) electrons. The third-order valence-electron chi connectivity index (χ3n) is 4.61. The maximum Gasteiger partial charge on any atom is 0.343 e. The number of nitrogens with zero attached hydrogens (tertiary/aromatic N) is 2. The molecular weight excluding hydrogens is 432 g/mol. The smallest absolute Gasteiger partial charge is 0.343 e. The summed E-state index contributed by atoms with van der Waals surface area (Å²) in [6.45, 7) is 16.0. The third-order valence-corrected chi connectivity index (χ3v) is 4.61. The van der Waals surface area contributed by atoms with E-state index in [1.165, 1.54) is 5.56 Å². The van der Waals surface area contributed by atoms with Crippen LogP contribution in [0.5, 0.6) is 5.75 Å². The van der Waals surface area contributed by atoms with Crippen molar-refractivity contribution in [2.75, 3.05) is 0 Å². The molecule has 4 rings (SSSR count). The monoisotopic (exact) mass is 470 g/mol. The Labute approximate surface area is 211 Å². The highest BCUT2D eigenvalue weighted by atomic mass is 16.5. The van der Waals surface area contributed by atoms with E-state index >= 15 is 0 Å². The maximum atomic E-state index is 12.5. The predicted octanol–water partition coefficient (Wildman–Crippen LogP) is 8.73. The first kappa shape index (κ1) is 29.2. The molecule has 0 spiro atoms. The first-order valence-electron chi connectivity index (χ1n) is 12.4. The second-order valence-electron chi connectivity index (χ2n) is 6.94. The number of rotatable bonds is 4. The summed E-state index contributed by atoms with van der Waals surface area (Å²) in [5, 5.41) is 0. The van der Waals surface area contributed by atoms with Gasteiger partial charge >= 0.3 is 5.97 Å². The Kier molecular flexibility index (Phi) is 13.3. The molecule has 1 aromatic heterocycles. The molecule has 0 unspecified atom stereocenters. The van der Waals surface area contributed by atoms with E-state index in [9.17, 15) is 4.79 Å². The minimum Gasteiger partial charge on any atom is -0.423 e. The van der Waals surface area contributed by atoms with Crippen molar-refractivity contribution in [1.29, 1.82) is 0 Å². The van der Waals surface area contributed by atoms with Crippen LogP contribution in [-0.4, -0.2) is 15.9 Å². The van der Waals surface area contributed by atoms with Crippen LogP contribution in [0.3, 0.4) is 0 Å². The standard InChI is InChI=1S/C25H20N2O2.3C2H6/c1-17-3-5-19(6-4-17)20-7-9-22(10-8-20)25(28)29-23-13-11-21(12-14-23)24-26-15-18(2)16-27-24;3*1-2/h3-16H,1-2H3;3*1-2H3. The maximum absolute atomic E-state index is 12.5. The van der Waals surface area contributed by atoms with Crippen molar-refractivity contribution < 1.29 is 9.53 Å². The van der Waals surface area contributed by atoms with Gasteiger partial charge in [-0.15, -0.1) is 0 Å². The molecule has 4 heteroatoms. The number of carbonyl (C=O) groups excluding carboxylic acids is 1. The first-order chi connectivity index (χ1) is 17.1. The van der Waals surface area contributed by atoms with E-state index in [2.05, 4.69) is 41.2 Å². The summed E-state index contributed by atoms with van der Waals surface area (Å²) in [6, 6.07) is 22.9. The summed E-state index contributed by atoms with van der Waals surface area (Å²) >= 11 is 0. The van der Waals surface area contributed by atoms with E-state index in [4.69, 9.17) is 4.74 Å². The summed E-state index contributed by atoms with van der Waals surface area (Å²) in [6.07, 6.45) is 3.55. The zero-order valence-electron chi connectivity index (χ0n) is 22.3. The highest BCUT2D eigenvalue weighted by molar-refractivity contribution is 5.91. The molecule has 3 aromatic carbocycles. The van der Waals surface area contributed by atoms with E-state index in [0.29, 0.717) is 17.1 Å². The van der Waals surface area contributed by atoms with Crippen LogP contribution < -0.4 is 4.74 Å². The van der Waals surface area contributed by atoms with Crippen molar-refractivity contribution >= 4 is 5.97 Å². The molecule has 0 aliphatic heterocycles. The minimum atomic E-state index is -0.389. The summed E-state index contributed by atoms with van der Waals surface area (Å²) in [5.74, 6) is 0.730. The Morgan fingerprint density at radius 2 is 1.00 bits per heavy atom. The van der Waals surface area contributed by atoms with Crippen LogP contribution in [-0.2, 0) is 0 Å². The highest BCUT2D eigenvalue weighted by Crippen LogP contribution is 2.22. The van der Waals surface area contributed by atoms with Crippen LogP contribution in [0.15, 0.2) is 85.2 Å². The summed E-state index contributed by atoms with van der Waals surface area (Å²) in [7, 11) is 0. The van der Waals surface area contributed by atoms with Crippen molar-refractivity contribution in [3.8, 4) is 28.3 Å². The fourth-order valence-electron chi connectivity index (χ4n) is 2.92. The number of aryl methyl sites for hydroxylation is 2. The summed E-state index contributed by atoms with van der Waals surface area (Å²) < 4.78 is 5.49. The van der Waals surface area contributed by atoms with E-state index in [1.807, 2.05) is 72.7 Å². The third kappa shape index (κ3) is 8.82. The molecule has 0 fully saturated rings. The van der Waals surface area contributed by atoms with Gasteiger partial charge in [0.25, 0.3) is 0 Å². The van der Waals surface area contributed by atoms with Crippen molar-refractivity contribution in [3.63, 3.8) is 0 Å². The highest BCUT2D eigenvalue weighted by Gasteiger charge is 2.10. The van der Waals surface area contributed by atoms with Gasteiger partial charge in [-0.05, 0) is 66.9 Å². The van der Waals surface area contributed by atoms with Gasteiger partial charge in [-0.25, -0.2) is 14.8 Å². The Bertz CT molecular complexity index is 1120. The SMILES string of the molecule is CC.CC.CC.Cc1ccc(-c2ccc(C(=O)Oc3ccc(-c4ncc(C)cn4)cc3)cc2)cc1. The van der Waals surface area contributed by atoms with Crippen LogP contribution in [0, 0.1) is 13.8 Å². The number of aromatic nitrogens is 2. The van der Waals surface area contributed by atoms with Crippen LogP contribution in [0.2, 0.25) is 0 Å². The molecular formula is C31H38N2O2. The Morgan fingerprint density at radius 1 is 0.571 bits per heavy atom. The average Bonchev–Trinajstić information content (AvgIpc) is 2.93. The largest absolute Gasteiger partial charge is 0.423 e. The van der Waals surface area contributed by atoms with Gasteiger partial charge < -0.3 is 4.74 Å². The lowest BCUT2D eigenvalue weighted by Crippen LogP contribution is -2.08. The number of hydrogen-bond acceptors (Lipinski definition) is 4. The lowest BCUT2D eigenvalue weighted by atomic mass is 10.0. The second kappa shape index (κ2) is 15.9. The van der Waals surface area contributed by atoms with Crippen molar-refractivity contribution in [3.05, 3.63) is 102 Å². The Balaban J connectivity index is 0.000000949. The van der Waals surface area contributed by atoms with E-state index in [1.54, 1.807) is 36.7 Å². The van der Waals surface area contributed by atoms with Gasteiger partial charge in [-0.2, -0.15) is 0 Å². The van der Waals surface area contributed by atoms with E-state index < -0.39 is 0 Å². The molecule has 0 aliphatic carbocycles. The van der Waals surface area contributed by atoms with E-state index in [-0.39, 0.29) is 5.97 Å². The molecule has 0 saturated heterocycles. The fraction of sp³-hybridized carbons (Fsp3) is 0.258. The molecule has 1 heterocycles. The topological polar surface area (TPSA) is 52.1 Å². The lowest BCUT2D eigenvalue weighted by Gasteiger charge is -2.07. The number of carbonyl (C=O) groups is 1. The first-order valence-corrected chi connectivity index (χ1v) is 12.4. The number of benzene rings is 3. The van der Waals surface area contributed by atoms with Crippen LogP contribution in [0.4, 0.5) is 0 Å². The second-order valence-corrected chi connectivity index (χ2v) is 6.94. The summed E-state index contributed by atoms with van der Waals surface area (Å²) in [5.41, 5.74) is 5.77. The lowest BCUT2D eigenvalue weighted by molar-refractivity contribution is 0.0735. The van der Waals surface area contributed by atoms with Gasteiger partial charge in [0.1, 0.15) is 5.75 Å². The average molecular weight is 471 g/mol. The van der Waals surface area contributed by atoms with Gasteiger partial charge in [0.2, 0.25) is 0 Å². The molecule has 0 aliphatic rings. The van der Waals surface area contributed by atoms with Gasteiger partial charge in [0, 0.05) is 18.0 Å². The number of hydrogen-bond donors (Lipinski definition) is 0. The fourth-order valence-corrected chi connectivity index (χ4v) is 2.92. The molecule has 0 saturated carbocycles. The van der Waals surface area contributed by atoms with Crippen LogP contribution in [0.1, 0.15) is 63.0 Å². The molecule has 4 aromatic rings. The molecule has 0 N–H and O–H groups in total. The molecule has 0 amide bonds.